The third kappa shape index (κ3) is 4.63. The maximum atomic E-state index is 11.6. The number of benzene rings is 2. The zero-order valence-corrected chi connectivity index (χ0v) is 12.6. The van der Waals surface area contributed by atoms with Gasteiger partial charge in [0.2, 0.25) is 0 Å². The minimum atomic E-state index is -0.0596. The van der Waals surface area contributed by atoms with Gasteiger partial charge in [0.05, 0.1) is 0 Å². The Morgan fingerprint density at radius 1 is 1.10 bits per heavy atom. The monoisotopic (exact) mass is 282 g/mol. The number of carbonyl (C=O) groups excluding carboxylic acids is 1. The van der Waals surface area contributed by atoms with Crippen LogP contribution in [0, 0.1) is 0 Å². The van der Waals surface area contributed by atoms with E-state index in [-0.39, 0.29) is 5.91 Å². The van der Waals surface area contributed by atoms with Crippen LogP contribution in [0.5, 0.6) is 0 Å². The lowest BCUT2D eigenvalue weighted by atomic mass is 10.1. The van der Waals surface area contributed by atoms with Gasteiger partial charge in [-0.15, -0.1) is 0 Å². The fourth-order valence-electron chi connectivity index (χ4n) is 2.28. The molecule has 0 aliphatic heterocycles. The predicted molar refractivity (Wildman–Crippen MR) is 87.7 cm³/mol. The van der Waals surface area contributed by atoms with Crippen molar-refractivity contribution in [3.8, 4) is 0 Å². The van der Waals surface area contributed by atoms with Crippen LogP contribution in [-0.4, -0.2) is 19.0 Å². The summed E-state index contributed by atoms with van der Waals surface area (Å²) in [6.07, 6.45) is 2.10. The molecule has 2 N–H and O–H groups in total. The molecular weight excluding hydrogens is 260 g/mol. The maximum absolute atomic E-state index is 11.6. The van der Waals surface area contributed by atoms with Gasteiger partial charge in [0, 0.05) is 24.3 Å². The molecule has 2 aromatic carbocycles. The molecule has 0 spiro atoms. The van der Waals surface area contributed by atoms with E-state index in [1.807, 2.05) is 30.3 Å². The average Bonchev–Trinajstić information content (AvgIpc) is 2.53. The molecule has 3 heteroatoms. The number of amides is 1. The largest absolute Gasteiger partial charge is 0.383 e. The predicted octanol–water partition coefficient (Wildman–Crippen LogP) is 3.48. The molecule has 0 bridgehead atoms. The Hall–Kier alpha value is -2.29. The Morgan fingerprint density at radius 3 is 2.57 bits per heavy atom. The second-order valence-corrected chi connectivity index (χ2v) is 5.23. The Balaban J connectivity index is 1.90. The summed E-state index contributed by atoms with van der Waals surface area (Å²) in [6, 6.07) is 18.4. The van der Waals surface area contributed by atoms with Gasteiger partial charge >= 0.3 is 0 Å². The highest BCUT2D eigenvalue weighted by atomic mass is 16.1. The fraction of sp³-hybridized carbons (Fsp3) is 0.278. The number of aryl methyl sites for hydroxylation is 1. The highest BCUT2D eigenvalue weighted by Crippen LogP contribution is 2.14. The van der Waals surface area contributed by atoms with Gasteiger partial charge in [0.25, 0.3) is 5.91 Å². The third-order valence-corrected chi connectivity index (χ3v) is 3.47. The molecule has 2 aromatic rings. The highest BCUT2D eigenvalue weighted by molar-refractivity contribution is 5.94. The van der Waals surface area contributed by atoms with E-state index in [9.17, 15) is 4.79 Å². The number of hydrogen-bond acceptors (Lipinski definition) is 2. The van der Waals surface area contributed by atoms with Crippen molar-refractivity contribution in [2.24, 2.45) is 0 Å². The first kappa shape index (κ1) is 15.1. The van der Waals surface area contributed by atoms with Crippen molar-refractivity contribution in [2.75, 3.05) is 12.4 Å². The van der Waals surface area contributed by atoms with E-state index >= 15 is 0 Å². The van der Waals surface area contributed by atoms with E-state index in [2.05, 4.69) is 41.8 Å². The molecule has 0 saturated carbocycles. The van der Waals surface area contributed by atoms with Crippen LogP contribution in [0.2, 0.25) is 0 Å². The average molecular weight is 282 g/mol. The summed E-state index contributed by atoms with van der Waals surface area (Å²) < 4.78 is 0. The van der Waals surface area contributed by atoms with Crippen molar-refractivity contribution in [2.45, 2.75) is 25.8 Å². The zero-order chi connectivity index (χ0) is 15.1. The van der Waals surface area contributed by atoms with Gasteiger partial charge < -0.3 is 10.6 Å². The minimum absolute atomic E-state index is 0.0596. The van der Waals surface area contributed by atoms with Crippen molar-refractivity contribution < 1.29 is 4.79 Å². The fourth-order valence-corrected chi connectivity index (χ4v) is 2.28. The lowest BCUT2D eigenvalue weighted by Crippen LogP contribution is -2.19. The van der Waals surface area contributed by atoms with Gasteiger partial charge in [-0.2, -0.15) is 0 Å². The molecule has 0 heterocycles. The molecule has 1 amide bonds. The summed E-state index contributed by atoms with van der Waals surface area (Å²) in [5.74, 6) is -0.0596. The molecule has 0 saturated heterocycles. The summed E-state index contributed by atoms with van der Waals surface area (Å²) in [7, 11) is 1.64. The quantitative estimate of drug-likeness (QED) is 0.851. The van der Waals surface area contributed by atoms with Gasteiger partial charge in [-0.05, 0) is 43.5 Å². The first-order valence-corrected chi connectivity index (χ1v) is 7.31. The number of anilines is 1. The first-order chi connectivity index (χ1) is 10.2. The molecule has 0 aliphatic carbocycles. The molecule has 3 nitrogen and oxygen atoms in total. The minimum Gasteiger partial charge on any atom is -0.383 e. The van der Waals surface area contributed by atoms with Crippen LogP contribution < -0.4 is 10.6 Å². The van der Waals surface area contributed by atoms with Crippen molar-refractivity contribution >= 4 is 11.6 Å². The first-order valence-electron chi connectivity index (χ1n) is 7.31. The van der Waals surface area contributed by atoms with Gasteiger partial charge in [-0.1, -0.05) is 36.4 Å². The number of hydrogen-bond donors (Lipinski definition) is 2. The summed E-state index contributed by atoms with van der Waals surface area (Å²) in [5, 5.41) is 6.09. The lowest BCUT2D eigenvalue weighted by molar-refractivity contribution is 0.0963. The molecule has 0 aliphatic rings. The highest BCUT2D eigenvalue weighted by Gasteiger charge is 2.06. The van der Waals surface area contributed by atoms with E-state index in [4.69, 9.17) is 0 Å². The summed E-state index contributed by atoms with van der Waals surface area (Å²) >= 11 is 0. The topological polar surface area (TPSA) is 41.1 Å². The van der Waals surface area contributed by atoms with E-state index in [1.165, 1.54) is 5.56 Å². The van der Waals surface area contributed by atoms with Gasteiger partial charge in [-0.25, -0.2) is 0 Å². The third-order valence-electron chi connectivity index (χ3n) is 3.47. The van der Waals surface area contributed by atoms with E-state index in [0.717, 1.165) is 18.5 Å². The number of rotatable bonds is 6. The van der Waals surface area contributed by atoms with Crippen LogP contribution in [0.1, 0.15) is 29.3 Å². The van der Waals surface area contributed by atoms with Crippen molar-refractivity contribution in [1.82, 2.24) is 5.32 Å². The Labute approximate surface area is 126 Å². The molecule has 21 heavy (non-hydrogen) atoms. The van der Waals surface area contributed by atoms with Gasteiger partial charge in [0.1, 0.15) is 0 Å². The van der Waals surface area contributed by atoms with Crippen LogP contribution in [0.25, 0.3) is 0 Å². The molecule has 1 unspecified atom stereocenters. The molecule has 0 radical (unpaired) electrons. The summed E-state index contributed by atoms with van der Waals surface area (Å²) in [4.78, 5) is 11.6. The van der Waals surface area contributed by atoms with E-state index in [1.54, 1.807) is 7.05 Å². The van der Waals surface area contributed by atoms with E-state index in [0.29, 0.717) is 11.6 Å². The standard InChI is InChI=1S/C18H22N2O/c1-14(11-12-15-7-4-3-5-8-15)20-17-10-6-9-16(13-17)18(21)19-2/h3-10,13-14,20H,11-12H2,1-2H3,(H,19,21). The normalized spacial score (nSPS) is 11.7. The molecule has 2 rings (SSSR count). The van der Waals surface area contributed by atoms with Crippen LogP contribution in [0.15, 0.2) is 54.6 Å². The van der Waals surface area contributed by atoms with Crippen LogP contribution in [-0.2, 0) is 6.42 Å². The van der Waals surface area contributed by atoms with Crippen molar-refractivity contribution in [3.05, 3.63) is 65.7 Å². The van der Waals surface area contributed by atoms with Gasteiger partial charge in [0.15, 0.2) is 0 Å². The SMILES string of the molecule is CNC(=O)c1cccc(NC(C)CCc2ccccc2)c1. The molecule has 110 valence electrons. The molecule has 0 aromatic heterocycles. The zero-order valence-electron chi connectivity index (χ0n) is 12.6. The van der Waals surface area contributed by atoms with Gasteiger partial charge in [-0.3, -0.25) is 4.79 Å². The Morgan fingerprint density at radius 2 is 1.86 bits per heavy atom. The smallest absolute Gasteiger partial charge is 0.251 e. The molecule has 0 fully saturated rings. The molecular formula is C18H22N2O. The van der Waals surface area contributed by atoms with Crippen LogP contribution >= 0.6 is 0 Å². The lowest BCUT2D eigenvalue weighted by Gasteiger charge is -2.16. The van der Waals surface area contributed by atoms with Crippen LogP contribution in [0.3, 0.4) is 0 Å². The van der Waals surface area contributed by atoms with Crippen LogP contribution in [0.4, 0.5) is 5.69 Å². The summed E-state index contributed by atoms with van der Waals surface area (Å²) in [5.41, 5.74) is 3.01. The van der Waals surface area contributed by atoms with Crippen molar-refractivity contribution in [1.29, 1.82) is 0 Å². The van der Waals surface area contributed by atoms with E-state index < -0.39 is 0 Å². The second-order valence-electron chi connectivity index (χ2n) is 5.23. The second kappa shape index (κ2) is 7.48. The Kier molecular flexibility index (Phi) is 5.38. The number of nitrogens with one attached hydrogen (secondary N) is 2. The summed E-state index contributed by atoms with van der Waals surface area (Å²) in [6.45, 7) is 2.16. The van der Waals surface area contributed by atoms with Crippen molar-refractivity contribution in [3.63, 3.8) is 0 Å². The molecule has 1 atom stereocenters. The Bertz CT molecular complexity index is 581. The maximum Gasteiger partial charge on any atom is 0.251 e. The number of carbonyl (C=O) groups is 1.